The van der Waals surface area contributed by atoms with Crippen LogP contribution in [-0.2, 0) is 32.7 Å². The number of aliphatic hydroxyl groups excluding tert-OH is 2. The summed E-state index contributed by atoms with van der Waals surface area (Å²) in [4.78, 5) is 34.9. The van der Waals surface area contributed by atoms with Gasteiger partial charge in [-0.25, -0.2) is 4.57 Å². The Morgan fingerprint density at radius 3 is 1.37 bits per heavy atom. The highest BCUT2D eigenvalue weighted by atomic mass is 31.2. The third kappa shape index (κ3) is 39.0. The normalized spacial score (nSPS) is 13.9. The lowest BCUT2D eigenvalue weighted by atomic mass is 10.0. The zero-order chi connectivity index (χ0) is 39.8. The molecule has 0 bridgehead atoms. The summed E-state index contributed by atoms with van der Waals surface area (Å²) in [6, 6.07) is 0. The zero-order valence-corrected chi connectivity index (χ0v) is 35.6. The molecule has 0 aliphatic rings. The quantitative estimate of drug-likeness (QED) is 0.0236. The first-order valence-corrected chi connectivity index (χ1v) is 23.6. The second-order valence-corrected chi connectivity index (χ2v) is 16.5. The van der Waals surface area contributed by atoms with Gasteiger partial charge in [-0.05, 0) is 38.5 Å². The van der Waals surface area contributed by atoms with Crippen molar-refractivity contribution >= 4 is 19.8 Å². The second-order valence-electron chi connectivity index (χ2n) is 15.1. The predicted molar refractivity (Wildman–Crippen MR) is 219 cm³/mol. The maximum absolute atomic E-state index is 12.6. The molecule has 11 heteroatoms. The van der Waals surface area contributed by atoms with Gasteiger partial charge < -0.3 is 24.6 Å². The van der Waals surface area contributed by atoms with Crippen LogP contribution in [0.2, 0.25) is 0 Å². The third-order valence-corrected chi connectivity index (χ3v) is 10.6. The molecule has 0 aliphatic heterocycles. The van der Waals surface area contributed by atoms with Crippen molar-refractivity contribution in [3.63, 3.8) is 0 Å². The molecule has 0 aromatic carbocycles. The van der Waals surface area contributed by atoms with Gasteiger partial charge in [0.15, 0.2) is 6.10 Å². The minimum absolute atomic E-state index is 0.178. The van der Waals surface area contributed by atoms with E-state index in [-0.39, 0.29) is 19.4 Å². The van der Waals surface area contributed by atoms with Gasteiger partial charge in [0.05, 0.1) is 19.8 Å². The zero-order valence-electron chi connectivity index (χ0n) is 34.7. The fourth-order valence-electron chi connectivity index (χ4n) is 6.22. The van der Waals surface area contributed by atoms with Crippen LogP contribution in [0.3, 0.4) is 0 Å². The standard InChI is InChI=1S/C43H83O10P/c1-3-5-7-9-11-13-15-17-18-19-20-21-22-23-25-26-28-30-32-34-42(46)50-38-41(39-52-54(48,49)51-37-40(45)36-44)53-43(47)35-33-31-29-27-24-16-14-12-10-8-6-4-2/h12,14,40-41,44-45H,3-11,13,15-39H2,1-2H3,(H,48,49)/b14-12+/t40-,41+/m1/s1. The van der Waals surface area contributed by atoms with Gasteiger partial charge in [0.1, 0.15) is 12.7 Å². The Balaban J connectivity index is 4.20. The Morgan fingerprint density at radius 2 is 0.907 bits per heavy atom. The summed E-state index contributed by atoms with van der Waals surface area (Å²) in [6.45, 7) is 2.37. The number of carbonyl (C=O) groups excluding carboxylic acids is 2. The summed E-state index contributed by atoms with van der Waals surface area (Å²) in [5, 5.41) is 18.3. The van der Waals surface area contributed by atoms with Crippen molar-refractivity contribution in [1.29, 1.82) is 0 Å². The van der Waals surface area contributed by atoms with Crippen molar-refractivity contribution in [1.82, 2.24) is 0 Å². The molecular weight excluding hydrogens is 707 g/mol. The lowest BCUT2D eigenvalue weighted by molar-refractivity contribution is -0.161. The first-order valence-electron chi connectivity index (χ1n) is 22.1. The number of allylic oxidation sites excluding steroid dienone is 2. The minimum Gasteiger partial charge on any atom is -0.462 e. The first kappa shape index (κ1) is 52.7. The number of hydrogen-bond donors (Lipinski definition) is 3. The Bertz CT molecular complexity index is 915. The Hall–Kier alpha value is -1.29. The number of phosphoric ester groups is 1. The molecule has 0 fully saturated rings. The molecule has 320 valence electrons. The van der Waals surface area contributed by atoms with E-state index in [0.717, 1.165) is 57.8 Å². The van der Waals surface area contributed by atoms with Crippen molar-refractivity contribution in [2.75, 3.05) is 26.4 Å². The molecule has 0 saturated carbocycles. The SMILES string of the molecule is CCCCC/C=C/CCCCCCCC(=O)O[C@@H](COC(=O)CCCCCCCCCCCCCCCCCCCCC)COP(=O)(O)OC[C@H](O)CO. The number of hydrogen-bond acceptors (Lipinski definition) is 9. The lowest BCUT2D eigenvalue weighted by Gasteiger charge is -2.20. The topological polar surface area (TPSA) is 149 Å². The molecule has 0 aliphatic carbocycles. The van der Waals surface area contributed by atoms with Crippen molar-refractivity contribution in [3.8, 4) is 0 Å². The summed E-state index contributed by atoms with van der Waals surface area (Å²) in [5.74, 6) is -0.925. The molecule has 0 amide bonds. The number of phosphoric acid groups is 1. The van der Waals surface area contributed by atoms with Crippen LogP contribution < -0.4 is 0 Å². The highest BCUT2D eigenvalue weighted by Crippen LogP contribution is 2.43. The van der Waals surface area contributed by atoms with Crippen LogP contribution in [0.1, 0.15) is 213 Å². The summed E-state index contributed by atoms with van der Waals surface area (Å²) in [5.41, 5.74) is 0. The van der Waals surface area contributed by atoms with E-state index in [4.69, 9.17) is 19.1 Å². The van der Waals surface area contributed by atoms with Crippen molar-refractivity contribution in [2.24, 2.45) is 0 Å². The average molecular weight is 791 g/mol. The average Bonchev–Trinajstić information content (AvgIpc) is 3.16. The van der Waals surface area contributed by atoms with Crippen LogP contribution in [0.25, 0.3) is 0 Å². The van der Waals surface area contributed by atoms with Gasteiger partial charge in [-0.1, -0.05) is 174 Å². The molecule has 0 spiro atoms. The number of esters is 2. The van der Waals surface area contributed by atoms with Gasteiger partial charge in [-0.2, -0.15) is 0 Å². The largest absolute Gasteiger partial charge is 0.472 e. The van der Waals surface area contributed by atoms with Gasteiger partial charge in [0.25, 0.3) is 0 Å². The van der Waals surface area contributed by atoms with E-state index < -0.39 is 51.8 Å². The van der Waals surface area contributed by atoms with Crippen LogP contribution in [0.4, 0.5) is 0 Å². The van der Waals surface area contributed by atoms with Gasteiger partial charge in [0, 0.05) is 12.8 Å². The first-order chi connectivity index (χ1) is 26.2. The maximum Gasteiger partial charge on any atom is 0.472 e. The highest BCUT2D eigenvalue weighted by molar-refractivity contribution is 7.47. The fourth-order valence-corrected chi connectivity index (χ4v) is 7.01. The summed E-state index contributed by atoms with van der Waals surface area (Å²) in [7, 11) is -4.61. The summed E-state index contributed by atoms with van der Waals surface area (Å²) >= 11 is 0. The minimum atomic E-state index is -4.61. The number of ether oxygens (including phenoxy) is 2. The Morgan fingerprint density at radius 1 is 0.537 bits per heavy atom. The molecule has 3 atom stereocenters. The van der Waals surface area contributed by atoms with E-state index >= 15 is 0 Å². The van der Waals surface area contributed by atoms with Gasteiger partial charge in [0.2, 0.25) is 0 Å². The molecule has 0 aromatic heterocycles. The number of rotatable bonds is 42. The maximum atomic E-state index is 12.6. The van der Waals surface area contributed by atoms with Crippen LogP contribution in [0.15, 0.2) is 12.2 Å². The highest BCUT2D eigenvalue weighted by Gasteiger charge is 2.27. The Kier molecular flexibility index (Phi) is 39.0. The summed E-state index contributed by atoms with van der Waals surface area (Å²) < 4.78 is 32.7. The van der Waals surface area contributed by atoms with Gasteiger partial charge in [-0.3, -0.25) is 18.6 Å². The van der Waals surface area contributed by atoms with Crippen molar-refractivity contribution in [3.05, 3.63) is 12.2 Å². The molecule has 54 heavy (non-hydrogen) atoms. The molecule has 10 nitrogen and oxygen atoms in total. The van der Waals surface area contributed by atoms with E-state index in [1.165, 1.54) is 116 Å². The molecule has 0 rings (SSSR count). The van der Waals surface area contributed by atoms with E-state index in [0.29, 0.717) is 12.8 Å². The van der Waals surface area contributed by atoms with E-state index in [9.17, 15) is 24.2 Å². The van der Waals surface area contributed by atoms with Crippen LogP contribution in [0.5, 0.6) is 0 Å². The van der Waals surface area contributed by atoms with Crippen LogP contribution >= 0.6 is 7.82 Å². The van der Waals surface area contributed by atoms with Crippen molar-refractivity contribution in [2.45, 2.75) is 225 Å². The number of carbonyl (C=O) groups is 2. The number of aliphatic hydroxyl groups is 2. The van der Waals surface area contributed by atoms with Crippen LogP contribution in [0, 0.1) is 0 Å². The lowest BCUT2D eigenvalue weighted by Crippen LogP contribution is -2.29. The molecule has 0 saturated heterocycles. The van der Waals surface area contributed by atoms with Gasteiger partial charge in [-0.15, -0.1) is 0 Å². The third-order valence-electron chi connectivity index (χ3n) is 9.67. The molecular formula is C43H83O10P. The van der Waals surface area contributed by atoms with E-state index in [1.54, 1.807) is 0 Å². The molecule has 0 radical (unpaired) electrons. The smallest absolute Gasteiger partial charge is 0.462 e. The molecule has 0 aromatic rings. The Labute approximate surface area is 330 Å². The molecule has 0 heterocycles. The van der Waals surface area contributed by atoms with Crippen LogP contribution in [-0.4, -0.2) is 65.7 Å². The predicted octanol–water partition coefficient (Wildman–Crippen LogP) is 11.6. The van der Waals surface area contributed by atoms with Gasteiger partial charge >= 0.3 is 19.8 Å². The summed E-state index contributed by atoms with van der Waals surface area (Å²) in [6.07, 6.45) is 37.5. The second kappa shape index (κ2) is 39.9. The van der Waals surface area contributed by atoms with E-state index in [2.05, 4.69) is 30.5 Å². The molecule has 3 N–H and O–H groups in total. The number of unbranched alkanes of at least 4 members (excludes halogenated alkanes) is 26. The molecule has 1 unspecified atom stereocenters. The fraction of sp³-hybridized carbons (Fsp3) is 0.907. The van der Waals surface area contributed by atoms with E-state index in [1.807, 2.05) is 0 Å². The monoisotopic (exact) mass is 791 g/mol. The van der Waals surface area contributed by atoms with Crippen molar-refractivity contribution < 1.29 is 47.8 Å².